The number of nitrogens with one attached hydrogen (secondary N) is 2. The van der Waals surface area contributed by atoms with Crippen molar-refractivity contribution in [3.8, 4) is 0 Å². The fourth-order valence-corrected chi connectivity index (χ4v) is 2.98. The van der Waals surface area contributed by atoms with Gasteiger partial charge in [-0.3, -0.25) is 9.82 Å². The molecule has 2 N–H and O–H groups in total. The van der Waals surface area contributed by atoms with E-state index in [9.17, 15) is 30.8 Å². The van der Waals surface area contributed by atoms with Crippen LogP contribution in [0.1, 0.15) is 22.8 Å². The molecule has 1 heterocycles. The Balaban J connectivity index is 2.38. The van der Waals surface area contributed by atoms with Gasteiger partial charge in [-0.15, -0.1) is 0 Å². The monoisotopic (exact) mass is 381 g/mol. The lowest BCUT2D eigenvalue weighted by molar-refractivity contribution is -0.139. The molecule has 0 atom stereocenters. The number of ether oxygens (including phenoxy) is 1. The van der Waals surface area contributed by atoms with Gasteiger partial charge in [-0.2, -0.15) is 26.7 Å². The molecule has 136 valence electrons. The van der Waals surface area contributed by atoms with Gasteiger partial charge in [-0.25, -0.2) is 9.18 Å². The molecular weight excluding hydrogens is 370 g/mol. The van der Waals surface area contributed by atoms with Gasteiger partial charge in [0.25, 0.3) is 10.0 Å². The molecule has 0 saturated carbocycles. The Bertz CT molecular complexity index is 893. The van der Waals surface area contributed by atoms with Crippen molar-refractivity contribution in [2.75, 3.05) is 11.3 Å². The Morgan fingerprint density at radius 2 is 2.04 bits per heavy atom. The van der Waals surface area contributed by atoms with Crippen molar-refractivity contribution in [2.24, 2.45) is 0 Å². The number of H-pyrrole nitrogens is 1. The molecule has 12 heteroatoms. The second-order valence-electron chi connectivity index (χ2n) is 4.63. The Morgan fingerprint density at radius 3 is 2.64 bits per heavy atom. The van der Waals surface area contributed by atoms with E-state index in [1.165, 1.54) is 6.92 Å². The van der Waals surface area contributed by atoms with Crippen molar-refractivity contribution in [2.45, 2.75) is 18.1 Å². The SMILES string of the molecule is CCOC(=O)c1cn[nH]c1S(=O)(=O)Nc1ccc(F)c(C(F)(F)F)c1. The van der Waals surface area contributed by atoms with E-state index in [0.29, 0.717) is 12.1 Å². The average molecular weight is 381 g/mol. The van der Waals surface area contributed by atoms with Crippen LogP contribution in [0.5, 0.6) is 0 Å². The van der Waals surface area contributed by atoms with E-state index in [0.717, 1.165) is 12.3 Å². The van der Waals surface area contributed by atoms with Gasteiger partial charge in [0.1, 0.15) is 11.4 Å². The normalized spacial score (nSPS) is 12.0. The third-order valence-corrected chi connectivity index (χ3v) is 4.25. The summed E-state index contributed by atoms with van der Waals surface area (Å²) in [5.41, 5.74) is -2.60. The van der Waals surface area contributed by atoms with Crippen LogP contribution < -0.4 is 4.72 Å². The molecule has 0 aliphatic rings. The first-order valence-corrected chi connectivity index (χ1v) is 8.14. The van der Waals surface area contributed by atoms with Crippen molar-refractivity contribution in [1.29, 1.82) is 0 Å². The molecule has 0 saturated heterocycles. The van der Waals surface area contributed by atoms with Crippen molar-refractivity contribution in [3.05, 3.63) is 41.3 Å². The highest BCUT2D eigenvalue weighted by atomic mass is 32.2. The summed E-state index contributed by atoms with van der Waals surface area (Å²) in [5.74, 6) is -2.53. The Kier molecular flexibility index (Phi) is 5.02. The van der Waals surface area contributed by atoms with E-state index in [1.54, 1.807) is 0 Å². The molecule has 0 bridgehead atoms. The topological polar surface area (TPSA) is 101 Å². The molecule has 0 aliphatic heterocycles. The van der Waals surface area contributed by atoms with Crippen LogP contribution in [0.4, 0.5) is 23.2 Å². The van der Waals surface area contributed by atoms with E-state index < -0.39 is 49.8 Å². The number of carbonyl (C=O) groups is 1. The number of anilines is 1. The molecule has 25 heavy (non-hydrogen) atoms. The van der Waals surface area contributed by atoms with Crippen LogP contribution in [0.2, 0.25) is 0 Å². The number of hydrogen-bond donors (Lipinski definition) is 2. The lowest BCUT2D eigenvalue weighted by Crippen LogP contribution is -2.18. The van der Waals surface area contributed by atoms with Crippen molar-refractivity contribution in [3.63, 3.8) is 0 Å². The predicted octanol–water partition coefficient (Wildman–Crippen LogP) is 2.55. The quantitative estimate of drug-likeness (QED) is 0.612. The van der Waals surface area contributed by atoms with Crippen molar-refractivity contribution >= 4 is 21.7 Å². The third kappa shape index (κ3) is 4.07. The number of benzene rings is 1. The number of rotatable bonds is 5. The minimum atomic E-state index is -5.00. The summed E-state index contributed by atoms with van der Waals surface area (Å²) < 4.78 is 82.4. The van der Waals surface area contributed by atoms with Gasteiger partial charge in [0, 0.05) is 5.69 Å². The Labute approximate surface area is 139 Å². The van der Waals surface area contributed by atoms with E-state index in [4.69, 9.17) is 0 Å². The molecule has 0 fully saturated rings. The van der Waals surface area contributed by atoms with E-state index in [1.807, 2.05) is 4.72 Å². The summed E-state index contributed by atoms with van der Waals surface area (Å²) >= 11 is 0. The molecule has 0 unspecified atom stereocenters. The number of nitrogens with zero attached hydrogens (tertiary/aromatic N) is 1. The molecule has 0 aliphatic carbocycles. The zero-order chi connectivity index (χ0) is 18.8. The summed E-state index contributed by atoms with van der Waals surface area (Å²) in [5, 5.41) is 4.79. The lowest BCUT2D eigenvalue weighted by atomic mass is 10.2. The molecule has 0 radical (unpaired) electrons. The number of aromatic nitrogens is 2. The first kappa shape index (κ1) is 18.7. The maximum absolute atomic E-state index is 13.3. The van der Waals surface area contributed by atoms with Crippen LogP contribution >= 0.6 is 0 Å². The number of esters is 1. The van der Waals surface area contributed by atoms with Crippen LogP contribution in [0.15, 0.2) is 29.4 Å². The van der Waals surface area contributed by atoms with Crippen molar-refractivity contribution < 1.29 is 35.5 Å². The first-order chi connectivity index (χ1) is 11.6. The van der Waals surface area contributed by atoms with Crippen LogP contribution in [0.25, 0.3) is 0 Å². The average Bonchev–Trinajstić information content (AvgIpc) is 2.98. The molecule has 1 aromatic carbocycles. The molecule has 2 rings (SSSR count). The third-order valence-electron chi connectivity index (χ3n) is 2.89. The Morgan fingerprint density at radius 1 is 1.36 bits per heavy atom. The second-order valence-corrected chi connectivity index (χ2v) is 6.25. The standard InChI is InChI=1S/C13H11F4N3O4S/c1-2-24-12(21)8-6-18-19-11(8)25(22,23)20-7-3-4-10(14)9(5-7)13(15,16)17/h3-6,20H,2H2,1H3,(H,18,19). The highest BCUT2D eigenvalue weighted by Gasteiger charge is 2.35. The number of carbonyl (C=O) groups excluding carboxylic acids is 1. The summed E-state index contributed by atoms with van der Waals surface area (Å²) in [4.78, 5) is 11.7. The van der Waals surface area contributed by atoms with Gasteiger partial charge >= 0.3 is 12.1 Å². The Hall–Kier alpha value is -2.63. The molecule has 0 amide bonds. The smallest absolute Gasteiger partial charge is 0.419 e. The highest BCUT2D eigenvalue weighted by molar-refractivity contribution is 7.92. The van der Waals surface area contributed by atoms with Crippen molar-refractivity contribution in [1.82, 2.24) is 10.2 Å². The van der Waals surface area contributed by atoms with Gasteiger partial charge in [-0.1, -0.05) is 0 Å². The highest BCUT2D eigenvalue weighted by Crippen LogP contribution is 2.33. The van der Waals surface area contributed by atoms with E-state index >= 15 is 0 Å². The largest absolute Gasteiger partial charge is 0.462 e. The first-order valence-electron chi connectivity index (χ1n) is 6.66. The van der Waals surface area contributed by atoms with E-state index in [-0.39, 0.29) is 6.61 Å². The number of sulfonamides is 1. The zero-order valence-corrected chi connectivity index (χ0v) is 13.3. The second kappa shape index (κ2) is 6.70. The molecule has 7 nitrogen and oxygen atoms in total. The van der Waals surface area contributed by atoms with Gasteiger partial charge in [0.15, 0.2) is 5.03 Å². The summed E-state index contributed by atoms with van der Waals surface area (Å²) in [7, 11) is -4.50. The molecule has 0 spiro atoms. The zero-order valence-electron chi connectivity index (χ0n) is 12.5. The molecule has 1 aromatic heterocycles. The number of halogens is 4. The van der Waals surface area contributed by atoms with Crippen LogP contribution in [-0.4, -0.2) is 31.2 Å². The van der Waals surface area contributed by atoms with Gasteiger partial charge in [-0.05, 0) is 25.1 Å². The number of alkyl halides is 3. The van der Waals surface area contributed by atoms with Gasteiger partial charge in [0.05, 0.1) is 18.4 Å². The number of hydrogen-bond acceptors (Lipinski definition) is 5. The van der Waals surface area contributed by atoms with Gasteiger partial charge in [0.2, 0.25) is 0 Å². The fraction of sp³-hybridized carbons (Fsp3) is 0.231. The summed E-state index contributed by atoms with van der Waals surface area (Å²) in [6.45, 7) is 1.48. The maximum Gasteiger partial charge on any atom is 0.419 e. The van der Waals surface area contributed by atoms with E-state index in [2.05, 4.69) is 14.9 Å². The van der Waals surface area contributed by atoms with Crippen LogP contribution in [0.3, 0.4) is 0 Å². The number of aromatic amines is 1. The molecular formula is C13H11F4N3O4S. The summed E-state index contributed by atoms with van der Waals surface area (Å²) in [6.07, 6.45) is -4.10. The minimum Gasteiger partial charge on any atom is -0.462 e. The minimum absolute atomic E-state index is 0.0240. The van der Waals surface area contributed by atoms with Crippen LogP contribution in [-0.2, 0) is 20.9 Å². The fourth-order valence-electron chi connectivity index (χ4n) is 1.85. The molecule has 2 aromatic rings. The lowest BCUT2D eigenvalue weighted by Gasteiger charge is -2.12. The predicted molar refractivity (Wildman–Crippen MR) is 76.8 cm³/mol. The van der Waals surface area contributed by atoms with Crippen LogP contribution in [0, 0.1) is 5.82 Å². The van der Waals surface area contributed by atoms with Gasteiger partial charge < -0.3 is 4.74 Å². The summed E-state index contributed by atoms with van der Waals surface area (Å²) in [6, 6.07) is 1.58. The maximum atomic E-state index is 13.3.